The van der Waals surface area contributed by atoms with Crippen LogP contribution in [-0.2, 0) is 5.41 Å². The molecule has 16 heavy (non-hydrogen) atoms. The summed E-state index contributed by atoms with van der Waals surface area (Å²) < 4.78 is 0. The maximum atomic E-state index is 4.18. The summed E-state index contributed by atoms with van der Waals surface area (Å²) in [6.07, 6.45) is 0. The summed E-state index contributed by atoms with van der Waals surface area (Å²) in [5.41, 5.74) is 2.75. The average molecular weight is 218 g/mol. The van der Waals surface area contributed by atoms with E-state index in [1.807, 2.05) is 21.0 Å². The van der Waals surface area contributed by atoms with E-state index in [0.29, 0.717) is 0 Å². The minimum atomic E-state index is 0.213. The van der Waals surface area contributed by atoms with Crippen LogP contribution in [0.4, 0.5) is 5.69 Å². The van der Waals surface area contributed by atoms with Gasteiger partial charge in [0.05, 0.1) is 5.84 Å². The molecule has 1 aromatic carbocycles. The van der Waals surface area contributed by atoms with Crippen LogP contribution < -0.4 is 4.90 Å². The molecule has 0 aliphatic rings. The topological polar surface area (TPSA) is 15.6 Å². The molecular weight excluding hydrogens is 196 g/mol. The van der Waals surface area contributed by atoms with Crippen LogP contribution in [0.3, 0.4) is 0 Å². The summed E-state index contributed by atoms with van der Waals surface area (Å²) in [6, 6.07) is 8.67. The van der Waals surface area contributed by atoms with Crippen molar-refractivity contribution in [3.63, 3.8) is 0 Å². The Morgan fingerprint density at radius 1 is 1.12 bits per heavy atom. The SMILES string of the molecule is CN=C(C)N(C)c1ccc(C(C)(C)C)cc1. The molecule has 2 heteroatoms. The molecule has 2 nitrogen and oxygen atoms in total. The van der Waals surface area contributed by atoms with Gasteiger partial charge in [-0.3, -0.25) is 4.99 Å². The minimum absolute atomic E-state index is 0.213. The van der Waals surface area contributed by atoms with Gasteiger partial charge in [-0.1, -0.05) is 32.9 Å². The molecule has 0 aliphatic heterocycles. The lowest BCUT2D eigenvalue weighted by atomic mass is 9.87. The molecule has 1 aromatic rings. The maximum Gasteiger partial charge on any atom is 0.0995 e. The fourth-order valence-corrected chi connectivity index (χ4v) is 1.52. The van der Waals surface area contributed by atoms with Crippen molar-refractivity contribution >= 4 is 11.5 Å². The highest BCUT2D eigenvalue weighted by molar-refractivity contribution is 5.95. The zero-order chi connectivity index (χ0) is 12.3. The van der Waals surface area contributed by atoms with E-state index in [0.717, 1.165) is 5.84 Å². The van der Waals surface area contributed by atoms with Crippen molar-refractivity contribution in [2.75, 3.05) is 19.0 Å². The number of nitrogens with zero attached hydrogens (tertiary/aromatic N) is 2. The molecule has 0 radical (unpaired) electrons. The predicted molar refractivity (Wildman–Crippen MR) is 72.6 cm³/mol. The quantitative estimate of drug-likeness (QED) is 0.520. The molecule has 0 atom stereocenters. The van der Waals surface area contributed by atoms with E-state index in [2.05, 4.69) is 54.9 Å². The molecule has 0 unspecified atom stereocenters. The number of hydrogen-bond acceptors (Lipinski definition) is 1. The molecule has 0 saturated carbocycles. The standard InChI is InChI=1S/C14H22N2/c1-11(15-5)16(6)13-9-7-12(8-10-13)14(2,3)4/h7-10H,1-6H3. The Bertz CT molecular complexity index is 369. The summed E-state index contributed by atoms with van der Waals surface area (Å²) in [5, 5.41) is 0. The highest BCUT2D eigenvalue weighted by Crippen LogP contribution is 2.24. The van der Waals surface area contributed by atoms with Crippen molar-refractivity contribution in [3.8, 4) is 0 Å². The Hall–Kier alpha value is -1.31. The second-order valence-electron chi connectivity index (χ2n) is 5.13. The Morgan fingerprint density at radius 3 is 2.00 bits per heavy atom. The van der Waals surface area contributed by atoms with E-state index < -0.39 is 0 Å². The zero-order valence-corrected chi connectivity index (χ0v) is 11.2. The van der Waals surface area contributed by atoms with Gasteiger partial charge in [0, 0.05) is 19.8 Å². The average Bonchev–Trinajstić information content (AvgIpc) is 2.26. The van der Waals surface area contributed by atoms with Crippen LogP contribution in [-0.4, -0.2) is 19.9 Å². The molecule has 0 fully saturated rings. The summed E-state index contributed by atoms with van der Waals surface area (Å²) >= 11 is 0. The fourth-order valence-electron chi connectivity index (χ4n) is 1.52. The second kappa shape index (κ2) is 4.69. The first-order chi connectivity index (χ1) is 7.36. The van der Waals surface area contributed by atoms with Crippen molar-refractivity contribution in [2.24, 2.45) is 4.99 Å². The van der Waals surface area contributed by atoms with Gasteiger partial charge in [-0.15, -0.1) is 0 Å². The van der Waals surface area contributed by atoms with Gasteiger partial charge in [-0.2, -0.15) is 0 Å². The van der Waals surface area contributed by atoms with Crippen LogP contribution >= 0.6 is 0 Å². The van der Waals surface area contributed by atoms with Gasteiger partial charge in [0.1, 0.15) is 0 Å². The first-order valence-corrected chi connectivity index (χ1v) is 5.64. The van der Waals surface area contributed by atoms with Crippen molar-refractivity contribution in [1.29, 1.82) is 0 Å². The molecule has 0 aromatic heterocycles. The second-order valence-corrected chi connectivity index (χ2v) is 5.13. The van der Waals surface area contributed by atoms with Crippen molar-refractivity contribution < 1.29 is 0 Å². The Morgan fingerprint density at radius 2 is 1.62 bits per heavy atom. The minimum Gasteiger partial charge on any atom is -0.334 e. The van der Waals surface area contributed by atoms with E-state index in [-0.39, 0.29) is 5.41 Å². The number of benzene rings is 1. The van der Waals surface area contributed by atoms with Gasteiger partial charge in [-0.05, 0) is 30.0 Å². The lowest BCUT2D eigenvalue weighted by Crippen LogP contribution is -2.23. The summed E-state index contributed by atoms with van der Waals surface area (Å²) in [5.74, 6) is 1.02. The lowest BCUT2D eigenvalue weighted by Gasteiger charge is -2.22. The van der Waals surface area contributed by atoms with Gasteiger partial charge < -0.3 is 4.90 Å². The molecule has 0 N–H and O–H groups in total. The third kappa shape index (κ3) is 2.84. The number of amidine groups is 1. The van der Waals surface area contributed by atoms with E-state index in [9.17, 15) is 0 Å². The summed E-state index contributed by atoms with van der Waals surface area (Å²) in [4.78, 5) is 6.27. The fraction of sp³-hybridized carbons (Fsp3) is 0.500. The Labute approximate surface area is 99.0 Å². The van der Waals surface area contributed by atoms with Gasteiger partial charge >= 0.3 is 0 Å². The molecule has 0 bridgehead atoms. The van der Waals surface area contributed by atoms with Gasteiger partial charge in [0.25, 0.3) is 0 Å². The molecule has 88 valence electrons. The molecule has 0 spiro atoms. The Kier molecular flexibility index (Phi) is 3.74. The number of anilines is 1. The van der Waals surface area contributed by atoms with Crippen LogP contribution in [0.2, 0.25) is 0 Å². The monoisotopic (exact) mass is 218 g/mol. The highest BCUT2D eigenvalue weighted by Gasteiger charge is 2.13. The number of aliphatic imine (C=N–C) groups is 1. The van der Waals surface area contributed by atoms with Crippen LogP contribution in [0.25, 0.3) is 0 Å². The lowest BCUT2D eigenvalue weighted by molar-refractivity contribution is 0.590. The van der Waals surface area contributed by atoms with Crippen molar-refractivity contribution in [2.45, 2.75) is 33.1 Å². The van der Waals surface area contributed by atoms with E-state index >= 15 is 0 Å². The van der Waals surface area contributed by atoms with Crippen molar-refractivity contribution in [1.82, 2.24) is 0 Å². The van der Waals surface area contributed by atoms with Gasteiger partial charge in [0.2, 0.25) is 0 Å². The first-order valence-electron chi connectivity index (χ1n) is 5.64. The van der Waals surface area contributed by atoms with Crippen LogP contribution in [0.15, 0.2) is 29.3 Å². The van der Waals surface area contributed by atoms with Crippen LogP contribution in [0.5, 0.6) is 0 Å². The van der Waals surface area contributed by atoms with Crippen molar-refractivity contribution in [3.05, 3.63) is 29.8 Å². The van der Waals surface area contributed by atoms with Gasteiger partial charge in [0.15, 0.2) is 0 Å². The normalized spacial score (nSPS) is 12.8. The van der Waals surface area contributed by atoms with E-state index in [1.54, 1.807) is 0 Å². The zero-order valence-electron chi connectivity index (χ0n) is 11.2. The largest absolute Gasteiger partial charge is 0.334 e. The first kappa shape index (κ1) is 12.8. The highest BCUT2D eigenvalue weighted by atomic mass is 15.2. The molecule has 1 rings (SSSR count). The van der Waals surface area contributed by atoms with Crippen LogP contribution in [0.1, 0.15) is 33.3 Å². The smallest absolute Gasteiger partial charge is 0.0995 e. The molecule has 0 heterocycles. The predicted octanol–water partition coefficient (Wildman–Crippen LogP) is 3.47. The Balaban J connectivity index is 2.96. The maximum absolute atomic E-state index is 4.18. The number of hydrogen-bond donors (Lipinski definition) is 0. The third-order valence-electron chi connectivity index (χ3n) is 2.93. The summed E-state index contributed by atoms with van der Waals surface area (Å²) in [6.45, 7) is 8.69. The number of rotatable bonds is 1. The van der Waals surface area contributed by atoms with Crippen LogP contribution in [0, 0.1) is 0 Å². The van der Waals surface area contributed by atoms with E-state index in [4.69, 9.17) is 0 Å². The molecule has 0 amide bonds. The van der Waals surface area contributed by atoms with E-state index in [1.165, 1.54) is 11.3 Å². The molecule has 0 aliphatic carbocycles. The molecular formula is C14H22N2. The van der Waals surface area contributed by atoms with Gasteiger partial charge in [-0.25, -0.2) is 0 Å². The summed E-state index contributed by atoms with van der Waals surface area (Å²) in [7, 11) is 3.85. The third-order valence-corrected chi connectivity index (χ3v) is 2.93. The molecule has 0 saturated heterocycles.